The van der Waals surface area contributed by atoms with Gasteiger partial charge in [-0.1, -0.05) is 41.5 Å². The Morgan fingerprint density at radius 2 is 0.833 bits per heavy atom. The molecule has 0 aromatic rings. The van der Waals surface area contributed by atoms with E-state index in [0.29, 0.717) is 5.41 Å². The Kier molecular flexibility index (Phi) is 33.8. The summed E-state index contributed by atoms with van der Waals surface area (Å²) in [5.41, 5.74) is 0.500. The van der Waals surface area contributed by atoms with Crippen LogP contribution in [0.1, 0.15) is 41.5 Å². The second-order valence-corrected chi connectivity index (χ2v) is 3.58. The van der Waals surface area contributed by atoms with Gasteiger partial charge in [0, 0.05) is 0 Å². The fourth-order valence-electron chi connectivity index (χ4n) is 0. The van der Waals surface area contributed by atoms with E-state index in [4.69, 9.17) is 10.2 Å². The molecule has 0 unspecified atom stereocenters. The maximum atomic E-state index is 8.93. The van der Waals surface area contributed by atoms with E-state index in [9.17, 15) is 0 Å². The molecular formula is C9H22MgO2. The standard InChI is InChI=1S/C5H12.2C2H5O.Mg/c1-5(2,3)4;2*1-2-3;/h1-4H3;2*2H2,1H3;/q;2*-1;+2. The predicted molar refractivity (Wildman–Crippen MR) is 52.0 cm³/mol. The van der Waals surface area contributed by atoms with Gasteiger partial charge in [-0.2, -0.15) is 0 Å². The molecule has 72 valence electrons. The van der Waals surface area contributed by atoms with Crippen molar-refractivity contribution in [1.29, 1.82) is 0 Å². The summed E-state index contributed by atoms with van der Waals surface area (Å²) in [5, 5.41) is 17.9. The Balaban J connectivity index is -0.0000000406. The van der Waals surface area contributed by atoms with Crippen LogP contribution in [0, 0.1) is 5.41 Å². The molecule has 0 rings (SSSR count). The normalized spacial score (nSPS) is 8.00. The average molecular weight is 187 g/mol. The Morgan fingerprint density at radius 3 is 0.833 bits per heavy atom. The zero-order valence-corrected chi connectivity index (χ0v) is 10.9. The first-order valence-electron chi connectivity index (χ1n) is 3.99. The molecule has 2 nitrogen and oxygen atoms in total. The summed E-state index contributed by atoms with van der Waals surface area (Å²) in [6, 6.07) is 0. The third-order valence-corrected chi connectivity index (χ3v) is 0. The molecule has 0 atom stereocenters. The molecule has 0 aliphatic rings. The molecule has 0 heterocycles. The van der Waals surface area contributed by atoms with Gasteiger partial charge in [-0.3, -0.25) is 0 Å². The second kappa shape index (κ2) is 17.7. The second-order valence-electron chi connectivity index (χ2n) is 3.58. The van der Waals surface area contributed by atoms with Gasteiger partial charge in [0.05, 0.1) is 0 Å². The van der Waals surface area contributed by atoms with Crippen LogP contribution in [-0.4, -0.2) is 36.3 Å². The molecule has 0 radical (unpaired) electrons. The maximum Gasteiger partial charge on any atom is 2.00 e. The summed E-state index contributed by atoms with van der Waals surface area (Å²) < 4.78 is 0. The van der Waals surface area contributed by atoms with E-state index < -0.39 is 0 Å². The van der Waals surface area contributed by atoms with Crippen molar-refractivity contribution < 1.29 is 10.2 Å². The molecule has 0 saturated carbocycles. The van der Waals surface area contributed by atoms with Crippen LogP contribution in [0.4, 0.5) is 0 Å². The first-order chi connectivity index (χ1) is 4.83. The summed E-state index contributed by atoms with van der Waals surface area (Å²) in [4.78, 5) is 0. The van der Waals surface area contributed by atoms with E-state index in [2.05, 4.69) is 27.7 Å². The Bertz CT molecular complexity index is 43.0. The van der Waals surface area contributed by atoms with Crippen LogP contribution in [0.3, 0.4) is 0 Å². The molecule has 0 fully saturated rings. The summed E-state index contributed by atoms with van der Waals surface area (Å²) in [5.74, 6) is 0. The van der Waals surface area contributed by atoms with Crippen LogP contribution in [-0.2, 0) is 0 Å². The zero-order valence-electron chi connectivity index (χ0n) is 9.44. The third kappa shape index (κ3) is 2130. The van der Waals surface area contributed by atoms with Gasteiger partial charge in [0.25, 0.3) is 0 Å². The van der Waals surface area contributed by atoms with Crippen molar-refractivity contribution in [3.8, 4) is 0 Å². The average Bonchev–Trinajstić information content (AvgIpc) is 1.62. The number of hydrogen-bond donors (Lipinski definition) is 0. The van der Waals surface area contributed by atoms with Gasteiger partial charge >= 0.3 is 23.1 Å². The largest absolute Gasteiger partial charge is 2.00 e. The number of rotatable bonds is 0. The van der Waals surface area contributed by atoms with Gasteiger partial charge in [0.1, 0.15) is 0 Å². The molecule has 3 heteroatoms. The van der Waals surface area contributed by atoms with Gasteiger partial charge in [-0.05, 0) is 5.41 Å². The fraction of sp³-hybridized carbons (Fsp3) is 1.00. The first kappa shape index (κ1) is 23.0. The smallest absolute Gasteiger partial charge is 0.855 e. The first-order valence-corrected chi connectivity index (χ1v) is 3.99. The van der Waals surface area contributed by atoms with Gasteiger partial charge in [-0.25, -0.2) is 0 Å². The third-order valence-electron chi connectivity index (χ3n) is 0. The van der Waals surface area contributed by atoms with Crippen LogP contribution in [0.15, 0.2) is 0 Å². The van der Waals surface area contributed by atoms with E-state index in [1.807, 2.05) is 0 Å². The van der Waals surface area contributed by atoms with E-state index in [0.717, 1.165) is 0 Å². The molecule has 0 N–H and O–H groups in total. The Morgan fingerprint density at radius 1 is 0.833 bits per heavy atom. The minimum Gasteiger partial charge on any atom is -0.855 e. The maximum absolute atomic E-state index is 8.93. The van der Waals surface area contributed by atoms with Crippen LogP contribution in [0.25, 0.3) is 0 Å². The van der Waals surface area contributed by atoms with Crippen molar-refractivity contribution in [2.45, 2.75) is 41.5 Å². The molecule has 0 aliphatic heterocycles. The van der Waals surface area contributed by atoms with Crippen molar-refractivity contribution >= 4 is 23.1 Å². The van der Waals surface area contributed by atoms with E-state index in [1.165, 1.54) is 0 Å². The van der Waals surface area contributed by atoms with Crippen LogP contribution in [0.5, 0.6) is 0 Å². The Hall–Kier alpha value is 0.686. The molecule has 0 bridgehead atoms. The van der Waals surface area contributed by atoms with Gasteiger partial charge in [-0.15, -0.1) is 13.2 Å². The molecule has 0 aliphatic carbocycles. The van der Waals surface area contributed by atoms with Crippen molar-refractivity contribution in [3.63, 3.8) is 0 Å². The van der Waals surface area contributed by atoms with Crippen molar-refractivity contribution in [3.05, 3.63) is 0 Å². The van der Waals surface area contributed by atoms with Crippen LogP contribution >= 0.6 is 0 Å². The minimum atomic E-state index is 0. The quantitative estimate of drug-likeness (QED) is 0.515. The fourth-order valence-corrected chi connectivity index (χ4v) is 0. The number of hydrogen-bond acceptors (Lipinski definition) is 2. The van der Waals surface area contributed by atoms with Crippen molar-refractivity contribution in [1.82, 2.24) is 0 Å². The topological polar surface area (TPSA) is 46.1 Å². The predicted octanol–water partition coefficient (Wildman–Crippen LogP) is 0.405. The molecule has 0 aromatic carbocycles. The monoisotopic (exact) mass is 186 g/mol. The molecule has 0 aromatic heterocycles. The summed E-state index contributed by atoms with van der Waals surface area (Å²) in [7, 11) is 0. The summed E-state index contributed by atoms with van der Waals surface area (Å²) >= 11 is 0. The van der Waals surface area contributed by atoms with E-state index >= 15 is 0 Å². The van der Waals surface area contributed by atoms with Gasteiger partial charge in [0.2, 0.25) is 0 Å². The SMILES string of the molecule is CC(C)(C)C.CC[O-].CC[O-].[Mg+2]. The zero-order chi connectivity index (χ0) is 9.91. The van der Waals surface area contributed by atoms with Gasteiger partial charge < -0.3 is 10.2 Å². The van der Waals surface area contributed by atoms with Crippen molar-refractivity contribution in [2.24, 2.45) is 5.41 Å². The Labute approximate surface area is 93.5 Å². The van der Waals surface area contributed by atoms with Crippen LogP contribution in [0.2, 0.25) is 0 Å². The molecular weight excluding hydrogens is 164 g/mol. The van der Waals surface area contributed by atoms with E-state index in [1.54, 1.807) is 13.8 Å². The molecule has 0 saturated heterocycles. The molecule has 0 amide bonds. The van der Waals surface area contributed by atoms with Crippen LogP contribution < -0.4 is 10.2 Å². The van der Waals surface area contributed by atoms with Crippen molar-refractivity contribution in [2.75, 3.05) is 13.2 Å². The minimum absolute atomic E-state index is 0. The van der Waals surface area contributed by atoms with Gasteiger partial charge in [0.15, 0.2) is 0 Å². The molecule has 0 spiro atoms. The molecule has 12 heavy (non-hydrogen) atoms. The van der Waals surface area contributed by atoms with E-state index in [-0.39, 0.29) is 36.3 Å². The summed E-state index contributed by atoms with van der Waals surface area (Å²) in [6.07, 6.45) is 0. The summed E-state index contributed by atoms with van der Waals surface area (Å²) in [6.45, 7) is 11.9.